The van der Waals surface area contributed by atoms with Crippen molar-refractivity contribution in [1.29, 1.82) is 0 Å². The van der Waals surface area contributed by atoms with Crippen LogP contribution in [0.1, 0.15) is 23.3 Å². The van der Waals surface area contributed by atoms with E-state index in [0.29, 0.717) is 37.4 Å². The van der Waals surface area contributed by atoms with Crippen LogP contribution in [-0.4, -0.2) is 57.9 Å². The smallest absolute Gasteiger partial charge is 0.273 e. The lowest BCUT2D eigenvalue weighted by Gasteiger charge is -2.16. The molecule has 9 heteroatoms. The molecule has 4 aromatic rings. The van der Waals surface area contributed by atoms with Crippen molar-refractivity contribution in [2.24, 2.45) is 0 Å². The fourth-order valence-corrected chi connectivity index (χ4v) is 4.42. The Hall–Kier alpha value is -3.98. The zero-order chi connectivity index (χ0) is 25.1. The second-order valence-electron chi connectivity index (χ2n) is 8.92. The molecule has 0 bridgehead atoms. The van der Waals surface area contributed by atoms with E-state index in [1.807, 2.05) is 60.7 Å². The fourth-order valence-electron chi connectivity index (χ4n) is 4.42. The molecule has 2 aromatic heterocycles. The second kappa shape index (κ2) is 9.94. The van der Waals surface area contributed by atoms with Crippen LogP contribution in [0.4, 0.5) is 14.6 Å². The van der Waals surface area contributed by atoms with Crippen molar-refractivity contribution in [1.82, 2.24) is 25.2 Å². The molecule has 2 aromatic carbocycles. The number of carbonyl (C=O) groups is 1. The average molecular weight is 489 g/mol. The minimum absolute atomic E-state index is 0.0248. The van der Waals surface area contributed by atoms with Crippen LogP contribution in [-0.2, 0) is 0 Å². The lowest BCUT2D eigenvalue weighted by molar-refractivity contribution is 0.0121. The molecule has 1 fully saturated rings. The van der Waals surface area contributed by atoms with E-state index < -0.39 is 11.8 Å². The van der Waals surface area contributed by atoms with Crippen molar-refractivity contribution in [3.63, 3.8) is 0 Å². The van der Waals surface area contributed by atoms with Crippen LogP contribution in [0.2, 0.25) is 0 Å². The van der Waals surface area contributed by atoms with E-state index >= 15 is 0 Å². The number of nitrogen functional groups attached to an aromatic ring is 1. The summed E-state index contributed by atoms with van der Waals surface area (Å²) in [4.78, 5) is 28.3. The van der Waals surface area contributed by atoms with Gasteiger partial charge in [0.1, 0.15) is 0 Å². The third-order valence-electron chi connectivity index (χ3n) is 6.25. The van der Waals surface area contributed by atoms with E-state index in [4.69, 9.17) is 5.73 Å². The third kappa shape index (κ3) is 5.16. The predicted molar refractivity (Wildman–Crippen MR) is 136 cm³/mol. The van der Waals surface area contributed by atoms with Crippen molar-refractivity contribution < 1.29 is 13.6 Å². The number of hydrogen-bond donors (Lipinski definition) is 2. The number of halogens is 2. The van der Waals surface area contributed by atoms with Gasteiger partial charge >= 0.3 is 0 Å². The SMILES string of the molecule is Nc1nc(-c2ccccc2)c(-c2ccc3ncccc3c2)nc1C(=O)NCCCN1CCC(F)(F)C1. The molecule has 0 aliphatic carbocycles. The molecule has 7 nitrogen and oxygen atoms in total. The molecule has 1 aliphatic rings. The van der Waals surface area contributed by atoms with Gasteiger partial charge in [0.25, 0.3) is 11.8 Å². The number of fused-ring (bicyclic) bond motifs is 1. The van der Waals surface area contributed by atoms with Crippen LogP contribution in [0.15, 0.2) is 66.9 Å². The largest absolute Gasteiger partial charge is 0.382 e. The number of alkyl halides is 2. The van der Waals surface area contributed by atoms with Gasteiger partial charge in [-0.15, -0.1) is 0 Å². The number of anilines is 1. The molecule has 1 aliphatic heterocycles. The highest BCUT2D eigenvalue weighted by Gasteiger charge is 2.37. The molecule has 0 atom stereocenters. The third-order valence-corrected chi connectivity index (χ3v) is 6.25. The van der Waals surface area contributed by atoms with E-state index in [2.05, 4.69) is 20.3 Å². The summed E-state index contributed by atoms with van der Waals surface area (Å²) in [5.41, 5.74) is 9.79. The van der Waals surface area contributed by atoms with E-state index in [0.717, 1.165) is 22.0 Å². The Balaban J connectivity index is 1.40. The molecule has 0 spiro atoms. The lowest BCUT2D eigenvalue weighted by atomic mass is 10.0. The topological polar surface area (TPSA) is 97.0 Å². The zero-order valence-corrected chi connectivity index (χ0v) is 19.6. The van der Waals surface area contributed by atoms with Crippen molar-refractivity contribution in [2.75, 3.05) is 31.9 Å². The van der Waals surface area contributed by atoms with Gasteiger partial charge in [0.15, 0.2) is 11.5 Å². The monoisotopic (exact) mass is 488 g/mol. The van der Waals surface area contributed by atoms with Crippen molar-refractivity contribution in [3.05, 3.63) is 72.6 Å². The van der Waals surface area contributed by atoms with E-state index in [1.165, 1.54) is 0 Å². The molecule has 0 unspecified atom stereocenters. The Labute approximate surface area is 207 Å². The van der Waals surface area contributed by atoms with Gasteiger partial charge in [0.2, 0.25) is 0 Å². The van der Waals surface area contributed by atoms with Crippen LogP contribution < -0.4 is 11.1 Å². The average Bonchev–Trinajstić information content (AvgIpc) is 3.24. The maximum atomic E-state index is 13.4. The lowest BCUT2D eigenvalue weighted by Crippen LogP contribution is -2.31. The number of nitrogens with zero attached hydrogens (tertiary/aromatic N) is 4. The molecule has 1 amide bonds. The van der Waals surface area contributed by atoms with Gasteiger partial charge in [-0.05, 0) is 24.6 Å². The van der Waals surface area contributed by atoms with Gasteiger partial charge in [0, 0.05) is 48.8 Å². The molecule has 5 rings (SSSR count). The normalized spacial score (nSPS) is 15.3. The highest BCUT2D eigenvalue weighted by Crippen LogP contribution is 2.32. The fraction of sp³-hybridized carbons (Fsp3) is 0.259. The minimum Gasteiger partial charge on any atom is -0.382 e. The van der Waals surface area contributed by atoms with Crippen LogP contribution in [0.3, 0.4) is 0 Å². The summed E-state index contributed by atoms with van der Waals surface area (Å²) >= 11 is 0. The number of pyridine rings is 1. The van der Waals surface area contributed by atoms with Crippen molar-refractivity contribution in [2.45, 2.75) is 18.8 Å². The summed E-state index contributed by atoms with van der Waals surface area (Å²) in [5.74, 6) is -3.05. The summed E-state index contributed by atoms with van der Waals surface area (Å²) in [6.07, 6.45) is 2.16. The molecule has 1 saturated heterocycles. The summed E-state index contributed by atoms with van der Waals surface area (Å²) in [6, 6.07) is 19.1. The summed E-state index contributed by atoms with van der Waals surface area (Å²) in [7, 11) is 0. The van der Waals surface area contributed by atoms with Crippen LogP contribution >= 0.6 is 0 Å². The molecular weight excluding hydrogens is 462 g/mol. The Bertz CT molecular complexity index is 1400. The predicted octanol–water partition coefficient (Wildman–Crippen LogP) is 4.40. The Kier molecular flexibility index (Phi) is 6.56. The first kappa shape index (κ1) is 23.7. The van der Waals surface area contributed by atoms with Crippen LogP contribution in [0.25, 0.3) is 33.4 Å². The molecule has 3 N–H and O–H groups in total. The maximum Gasteiger partial charge on any atom is 0.273 e. The number of nitrogens with two attached hydrogens (primary N) is 1. The molecule has 0 radical (unpaired) electrons. The molecule has 3 heterocycles. The zero-order valence-electron chi connectivity index (χ0n) is 19.6. The summed E-state index contributed by atoms with van der Waals surface area (Å²) in [6.45, 7) is 0.940. The standard InChI is InChI=1S/C27H26F2N6O/c28-27(29)11-15-35(17-27)14-5-13-32-26(36)24-25(30)34-22(18-6-2-1-3-7-18)23(33-24)20-9-10-21-19(16-20)8-4-12-31-21/h1-4,6-10,12,16H,5,11,13-15,17H2,(H2,30,34)(H,32,36). The van der Waals surface area contributed by atoms with E-state index in [9.17, 15) is 13.6 Å². The van der Waals surface area contributed by atoms with Crippen molar-refractivity contribution in [3.8, 4) is 22.5 Å². The molecule has 0 saturated carbocycles. The Morgan fingerprint density at radius 1 is 1.03 bits per heavy atom. The maximum absolute atomic E-state index is 13.4. The highest BCUT2D eigenvalue weighted by molar-refractivity contribution is 5.98. The first-order chi connectivity index (χ1) is 17.4. The van der Waals surface area contributed by atoms with Gasteiger partial charge in [-0.3, -0.25) is 14.7 Å². The minimum atomic E-state index is -2.62. The number of rotatable bonds is 7. The number of benzene rings is 2. The van der Waals surface area contributed by atoms with Crippen molar-refractivity contribution >= 4 is 22.6 Å². The quantitative estimate of drug-likeness (QED) is 0.374. The Morgan fingerprint density at radius 2 is 1.83 bits per heavy atom. The van der Waals surface area contributed by atoms with Gasteiger partial charge < -0.3 is 11.1 Å². The van der Waals surface area contributed by atoms with Crippen LogP contribution in [0, 0.1) is 0 Å². The summed E-state index contributed by atoms with van der Waals surface area (Å²) < 4.78 is 26.7. The number of nitrogens with one attached hydrogen (secondary N) is 1. The second-order valence-corrected chi connectivity index (χ2v) is 8.92. The van der Waals surface area contributed by atoms with E-state index in [1.54, 1.807) is 11.1 Å². The first-order valence-electron chi connectivity index (χ1n) is 11.9. The molecular formula is C27H26F2N6O. The van der Waals surface area contributed by atoms with Crippen LogP contribution in [0.5, 0.6) is 0 Å². The Morgan fingerprint density at radius 3 is 2.61 bits per heavy atom. The highest BCUT2D eigenvalue weighted by atomic mass is 19.3. The van der Waals surface area contributed by atoms with E-state index in [-0.39, 0.29) is 24.5 Å². The van der Waals surface area contributed by atoms with Gasteiger partial charge in [-0.2, -0.15) is 0 Å². The summed E-state index contributed by atoms with van der Waals surface area (Å²) in [5, 5.41) is 3.74. The van der Waals surface area contributed by atoms with Gasteiger partial charge in [0.05, 0.1) is 23.4 Å². The first-order valence-corrected chi connectivity index (χ1v) is 11.9. The van der Waals surface area contributed by atoms with Gasteiger partial charge in [-0.25, -0.2) is 18.7 Å². The number of carbonyl (C=O) groups excluding carboxylic acids is 1. The number of aromatic nitrogens is 3. The van der Waals surface area contributed by atoms with Gasteiger partial charge in [-0.1, -0.05) is 42.5 Å². The number of likely N-dealkylation sites (tertiary alicyclic amines) is 1. The molecule has 36 heavy (non-hydrogen) atoms. The number of hydrogen-bond acceptors (Lipinski definition) is 6. The molecule has 184 valence electrons. The number of amides is 1.